The van der Waals surface area contributed by atoms with Crippen molar-refractivity contribution >= 4 is 33.6 Å². The molecule has 0 radical (unpaired) electrons. The van der Waals surface area contributed by atoms with Gasteiger partial charge in [0.25, 0.3) is 0 Å². The molecule has 1 aliphatic carbocycles. The number of nitrogens with one attached hydrogen (secondary N) is 1. The first kappa shape index (κ1) is 25.4. The molecular formula is C23H34FN7O3S. The Morgan fingerprint density at radius 1 is 1.09 bits per heavy atom. The molecule has 2 aliphatic rings. The number of hydrogen-bond donors (Lipinski definition) is 2. The molecule has 0 bridgehead atoms. The fourth-order valence-electron chi connectivity index (χ4n) is 4.89. The van der Waals surface area contributed by atoms with E-state index in [4.69, 9.17) is 10.5 Å². The maximum Gasteiger partial charge on any atom is 0.236 e. The number of sulfonamides is 1. The molecule has 0 unspecified atom stereocenters. The molecule has 35 heavy (non-hydrogen) atoms. The molecule has 1 saturated heterocycles. The zero-order valence-corrected chi connectivity index (χ0v) is 21.1. The van der Waals surface area contributed by atoms with E-state index in [9.17, 15) is 12.8 Å². The second-order valence-corrected chi connectivity index (χ2v) is 11.2. The minimum Gasteiger partial charge on any atom is -0.494 e. The van der Waals surface area contributed by atoms with E-state index < -0.39 is 15.8 Å². The topological polar surface area (TPSA) is 127 Å². The van der Waals surface area contributed by atoms with Crippen LogP contribution in [0.15, 0.2) is 18.2 Å². The fraction of sp³-hybridized carbons (Fsp3) is 0.609. The van der Waals surface area contributed by atoms with Gasteiger partial charge in [-0.05, 0) is 37.8 Å². The smallest absolute Gasteiger partial charge is 0.236 e. The molecule has 10 nitrogen and oxygen atoms in total. The number of piperidine rings is 1. The molecule has 2 fully saturated rings. The summed E-state index contributed by atoms with van der Waals surface area (Å²) in [5.41, 5.74) is 6.62. The summed E-state index contributed by atoms with van der Waals surface area (Å²) < 4.78 is 45.2. The normalized spacial score (nSPS) is 18.7. The number of anilines is 4. The van der Waals surface area contributed by atoms with E-state index in [1.165, 1.54) is 36.6 Å². The molecule has 0 spiro atoms. The molecule has 12 heteroatoms. The largest absolute Gasteiger partial charge is 0.494 e. The van der Waals surface area contributed by atoms with Gasteiger partial charge >= 0.3 is 0 Å². The second-order valence-electron chi connectivity index (χ2n) is 9.23. The molecule has 3 N–H and O–H groups in total. The molecule has 192 valence electrons. The summed E-state index contributed by atoms with van der Waals surface area (Å²) in [6.07, 6.45) is 9.11. The molecule has 0 atom stereocenters. The van der Waals surface area contributed by atoms with Crippen LogP contribution in [0.25, 0.3) is 0 Å². The highest BCUT2D eigenvalue weighted by molar-refractivity contribution is 7.88. The molecule has 0 amide bonds. The van der Waals surface area contributed by atoms with Crippen LogP contribution in [0.5, 0.6) is 5.75 Å². The lowest BCUT2D eigenvalue weighted by molar-refractivity contribution is 0.319. The second kappa shape index (κ2) is 10.9. The van der Waals surface area contributed by atoms with E-state index in [0.29, 0.717) is 43.5 Å². The first-order valence-corrected chi connectivity index (χ1v) is 14.0. The number of ether oxygens (including phenoxy) is 1. The standard InChI is InChI=1S/C23H34FN7O3S/c1-34-20-10-9-18(15-19(20)24)31(17-11-13-30(14-12-17)35(2,32)33)23-28-21(25)27-22(29-23)26-16-7-5-3-4-6-8-16/h9-10,15-17H,3-8,11-14H2,1-2H3,(H3,25,26,27,28,29). The van der Waals surface area contributed by atoms with Crippen molar-refractivity contribution in [3.63, 3.8) is 0 Å². The van der Waals surface area contributed by atoms with Crippen molar-refractivity contribution in [3.8, 4) is 5.75 Å². The predicted octanol–water partition coefficient (Wildman–Crippen LogP) is 3.30. The molecule has 1 aromatic carbocycles. The van der Waals surface area contributed by atoms with Crippen LogP contribution in [0.2, 0.25) is 0 Å². The van der Waals surface area contributed by atoms with Crippen molar-refractivity contribution < 1.29 is 17.5 Å². The Kier molecular flexibility index (Phi) is 7.90. The van der Waals surface area contributed by atoms with E-state index in [2.05, 4.69) is 20.3 Å². The highest BCUT2D eigenvalue weighted by Crippen LogP contribution is 2.33. The van der Waals surface area contributed by atoms with Crippen LogP contribution in [-0.4, -0.2) is 66.2 Å². The summed E-state index contributed by atoms with van der Waals surface area (Å²) in [6.45, 7) is 0.707. The van der Waals surface area contributed by atoms with E-state index >= 15 is 0 Å². The SMILES string of the molecule is COc1ccc(N(c2nc(N)nc(NC3CCCCCC3)n2)C2CCN(S(C)(=O)=O)CC2)cc1F. The van der Waals surface area contributed by atoms with Crippen LogP contribution in [0.3, 0.4) is 0 Å². The van der Waals surface area contributed by atoms with Crippen LogP contribution in [-0.2, 0) is 10.0 Å². The van der Waals surface area contributed by atoms with Gasteiger partial charge in [0.05, 0.1) is 13.4 Å². The summed E-state index contributed by atoms with van der Waals surface area (Å²) in [5, 5.41) is 3.42. The zero-order chi connectivity index (χ0) is 25.0. The minimum atomic E-state index is -3.29. The summed E-state index contributed by atoms with van der Waals surface area (Å²) in [4.78, 5) is 15.2. The van der Waals surface area contributed by atoms with Gasteiger partial charge in [0, 0.05) is 36.9 Å². The third-order valence-electron chi connectivity index (χ3n) is 6.72. The van der Waals surface area contributed by atoms with Crippen LogP contribution in [0.4, 0.5) is 27.9 Å². The summed E-state index contributed by atoms with van der Waals surface area (Å²) in [7, 11) is -1.87. The fourth-order valence-corrected chi connectivity index (χ4v) is 5.76. The number of nitrogens with two attached hydrogens (primary N) is 1. The summed E-state index contributed by atoms with van der Waals surface area (Å²) >= 11 is 0. The van der Waals surface area contributed by atoms with Crippen molar-refractivity contribution in [2.24, 2.45) is 0 Å². The Balaban J connectivity index is 1.67. The Hall–Kier alpha value is -2.73. The van der Waals surface area contributed by atoms with Gasteiger partial charge in [-0.3, -0.25) is 0 Å². The number of halogens is 1. The third-order valence-corrected chi connectivity index (χ3v) is 8.02. The number of nitrogens with zero attached hydrogens (tertiary/aromatic N) is 5. The number of rotatable bonds is 7. The molecule has 1 aromatic heterocycles. The van der Waals surface area contributed by atoms with Crippen LogP contribution in [0.1, 0.15) is 51.4 Å². The first-order valence-electron chi connectivity index (χ1n) is 12.1. The molecule has 4 rings (SSSR count). The van der Waals surface area contributed by atoms with Crippen molar-refractivity contribution in [2.75, 3.05) is 42.4 Å². The molecule has 2 aromatic rings. The lowest BCUT2D eigenvalue weighted by Gasteiger charge is -2.37. The highest BCUT2D eigenvalue weighted by atomic mass is 32.2. The predicted molar refractivity (Wildman–Crippen MR) is 134 cm³/mol. The highest BCUT2D eigenvalue weighted by Gasteiger charge is 2.32. The molecule has 1 saturated carbocycles. The first-order chi connectivity index (χ1) is 16.7. The monoisotopic (exact) mass is 507 g/mol. The number of hydrogen-bond acceptors (Lipinski definition) is 9. The lowest BCUT2D eigenvalue weighted by Crippen LogP contribution is -2.45. The number of methoxy groups -OCH3 is 1. The Labute approximate surface area is 206 Å². The van der Waals surface area contributed by atoms with Crippen LogP contribution >= 0.6 is 0 Å². The van der Waals surface area contributed by atoms with Crippen molar-refractivity contribution in [2.45, 2.75) is 63.5 Å². The summed E-state index contributed by atoms with van der Waals surface area (Å²) in [5.74, 6) is 0.385. The lowest BCUT2D eigenvalue weighted by atomic mass is 10.0. The van der Waals surface area contributed by atoms with Gasteiger partial charge in [-0.15, -0.1) is 0 Å². The third kappa shape index (κ3) is 6.29. The zero-order valence-electron chi connectivity index (χ0n) is 20.3. The quantitative estimate of drug-likeness (QED) is 0.543. The Morgan fingerprint density at radius 3 is 2.37 bits per heavy atom. The summed E-state index contributed by atoms with van der Waals surface area (Å²) in [6, 6.07) is 4.77. The Morgan fingerprint density at radius 2 is 1.77 bits per heavy atom. The van der Waals surface area contributed by atoms with Crippen LogP contribution in [0, 0.1) is 5.82 Å². The maximum atomic E-state index is 14.7. The van der Waals surface area contributed by atoms with Gasteiger partial charge < -0.3 is 20.7 Å². The average molecular weight is 508 g/mol. The van der Waals surface area contributed by atoms with Crippen molar-refractivity contribution in [1.29, 1.82) is 0 Å². The van der Waals surface area contributed by atoms with E-state index in [1.807, 2.05) is 4.90 Å². The van der Waals surface area contributed by atoms with Gasteiger partial charge in [-0.2, -0.15) is 15.0 Å². The van der Waals surface area contributed by atoms with Crippen LogP contribution < -0.4 is 20.7 Å². The van der Waals surface area contributed by atoms with Crippen molar-refractivity contribution in [1.82, 2.24) is 19.3 Å². The Bertz CT molecular complexity index is 1120. The number of aromatic nitrogens is 3. The van der Waals surface area contributed by atoms with Crippen molar-refractivity contribution in [3.05, 3.63) is 24.0 Å². The average Bonchev–Trinajstić information content (AvgIpc) is 3.07. The molecular weight excluding hydrogens is 473 g/mol. The minimum absolute atomic E-state index is 0.0682. The maximum absolute atomic E-state index is 14.7. The van der Waals surface area contributed by atoms with Gasteiger partial charge in [0.2, 0.25) is 27.9 Å². The number of benzene rings is 1. The van der Waals surface area contributed by atoms with Gasteiger partial charge in [-0.25, -0.2) is 17.1 Å². The van der Waals surface area contributed by atoms with Gasteiger partial charge in [0.15, 0.2) is 11.6 Å². The van der Waals surface area contributed by atoms with E-state index in [-0.39, 0.29) is 23.8 Å². The van der Waals surface area contributed by atoms with E-state index in [0.717, 1.165) is 25.7 Å². The van der Waals surface area contributed by atoms with E-state index in [1.54, 1.807) is 12.1 Å². The van der Waals surface area contributed by atoms with Gasteiger partial charge in [-0.1, -0.05) is 25.7 Å². The number of nitrogen functional groups attached to an aromatic ring is 1. The molecule has 2 heterocycles. The van der Waals surface area contributed by atoms with Gasteiger partial charge in [0.1, 0.15) is 0 Å². The molecule has 1 aliphatic heterocycles.